The molecule has 0 N–H and O–H groups in total. The van der Waals surface area contributed by atoms with Gasteiger partial charge in [0, 0.05) is 20.8 Å². The minimum Gasteiger partial charge on any atom is -0.462 e. The van der Waals surface area contributed by atoms with E-state index >= 15 is 0 Å². The van der Waals surface area contributed by atoms with E-state index in [-0.39, 0.29) is 37.6 Å². The first-order valence-corrected chi connectivity index (χ1v) is 9.49. The van der Waals surface area contributed by atoms with E-state index in [1.165, 1.54) is 20.8 Å². The molecule has 10 nitrogen and oxygen atoms in total. The van der Waals surface area contributed by atoms with Crippen molar-refractivity contribution in [2.45, 2.75) is 40.7 Å². The first-order valence-electron chi connectivity index (χ1n) is 9.49. The maximum Gasteiger partial charge on any atom is 0.338 e. The van der Waals surface area contributed by atoms with E-state index in [4.69, 9.17) is 14.2 Å². The Labute approximate surface area is 180 Å². The Morgan fingerprint density at radius 3 is 1.35 bits per heavy atom. The van der Waals surface area contributed by atoms with E-state index in [2.05, 4.69) is 9.47 Å². The van der Waals surface area contributed by atoms with Gasteiger partial charge in [0.1, 0.15) is 13.2 Å². The largest absolute Gasteiger partial charge is 0.462 e. The zero-order chi connectivity index (χ0) is 23.8. The summed E-state index contributed by atoms with van der Waals surface area (Å²) < 4.78 is 23.7. The SMILES string of the molecule is CC(=O)OCC(COC(C)=O)OC(C)=O.CCOC(=O)c1ccccc1C(=O)OCC. The highest BCUT2D eigenvalue weighted by molar-refractivity contribution is 6.03. The highest BCUT2D eigenvalue weighted by Crippen LogP contribution is 2.11. The first-order chi connectivity index (χ1) is 14.6. The van der Waals surface area contributed by atoms with Crippen LogP contribution in [0.2, 0.25) is 0 Å². The molecule has 0 saturated heterocycles. The molecule has 31 heavy (non-hydrogen) atoms. The molecule has 0 fully saturated rings. The molecule has 0 aliphatic rings. The van der Waals surface area contributed by atoms with Gasteiger partial charge in [0.2, 0.25) is 0 Å². The van der Waals surface area contributed by atoms with Crippen molar-refractivity contribution in [2.24, 2.45) is 0 Å². The molecular weight excluding hydrogens is 412 g/mol. The lowest BCUT2D eigenvalue weighted by Crippen LogP contribution is -2.29. The van der Waals surface area contributed by atoms with Crippen molar-refractivity contribution in [3.05, 3.63) is 35.4 Å². The van der Waals surface area contributed by atoms with Crippen molar-refractivity contribution in [2.75, 3.05) is 26.4 Å². The standard InChI is InChI=1S/C12H14O4.C9H14O6/c1-3-15-11(13)9-7-5-6-8-10(9)12(14)16-4-2;1-6(10)13-4-9(15-8(3)12)5-14-7(2)11/h5-8H,3-4H2,1-2H3;9H,4-5H2,1-3H3. The van der Waals surface area contributed by atoms with Gasteiger partial charge in [-0.1, -0.05) is 12.1 Å². The number of benzene rings is 1. The summed E-state index contributed by atoms with van der Waals surface area (Å²) in [7, 11) is 0. The summed E-state index contributed by atoms with van der Waals surface area (Å²) in [4.78, 5) is 54.7. The predicted octanol–water partition coefficient (Wildman–Crippen LogP) is 2.08. The molecule has 0 heterocycles. The molecule has 1 aromatic rings. The summed E-state index contributed by atoms with van der Waals surface area (Å²) >= 11 is 0. The molecule has 1 aromatic carbocycles. The third kappa shape index (κ3) is 12.7. The van der Waals surface area contributed by atoms with Crippen molar-refractivity contribution in [1.29, 1.82) is 0 Å². The monoisotopic (exact) mass is 440 g/mol. The average Bonchev–Trinajstić information content (AvgIpc) is 2.70. The lowest BCUT2D eigenvalue weighted by molar-refractivity contribution is -0.163. The molecule has 0 spiro atoms. The van der Waals surface area contributed by atoms with Crippen LogP contribution in [0.25, 0.3) is 0 Å². The zero-order valence-electron chi connectivity index (χ0n) is 18.3. The summed E-state index contributed by atoms with van der Waals surface area (Å²) in [5, 5.41) is 0. The zero-order valence-corrected chi connectivity index (χ0v) is 18.3. The molecule has 0 aliphatic carbocycles. The van der Waals surface area contributed by atoms with Gasteiger partial charge in [-0.25, -0.2) is 9.59 Å². The molecular formula is C21H28O10. The van der Waals surface area contributed by atoms with Gasteiger partial charge in [-0.15, -0.1) is 0 Å². The Morgan fingerprint density at radius 1 is 0.677 bits per heavy atom. The summed E-state index contributed by atoms with van der Waals surface area (Å²) in [6.07, 6.45) is -0.754. The van der Waals surface area contributed by atoms with Crippen molar-refractivity contribution < 1.29 is 47.7 Å². The fourth-order valence-electron chi connectivity index (χ4n) is 2.03. The van der Waals surface area contributed by atoms with Gasteiger partial charge in [0.15, 0.2) is 6.10 Å². The van der Waals surface area contributed by atoms with Gasteiger partial charge in [-0.2, -0.15) is 0 Å². The summed E-state index contributed by atoms with van der Waals surface area (Å²) in [5.41, 5.74) is 0.477. The highest BCUT2D eigenvalue weighted by Gasteiger charge is 2.18. The lowest BCUT2D eigenvalue weighted by atomic mass is 10.1. The Balaban J connectivity index is 0.000000582. The molecule has 0 amide bonds. The average molecular weight is 440 g/mol. The van der Waals surface area contributed by atoms with Crippen molar-refractivity contribution in [3.8, 4) is 0 Å². The summed E-state index contributed by atoms with van der Waals surface area (Å²) in [6.45, 7) is 7.41. The Morgan fingerprint density at radius 2 is 1.06 bits per heavy atom. The van der Waals surface area contributed by atoms with Gasteiger partial charge in [-0.3, -0.25) is 14.4 Å². The molecule has 0 aliphatic heterocycles. The minimum atomic E-state index is -0.754. The molecule has 1 rings (SSSR count). The Hall–Kier alpha value is -3.43. The second-order valence-electron chi connectivity index (χ2n) is 5.82. The van der Waals surface area contributed by atoms with E-state index < -0.39 is 36.0 Å². The maximum absolute atomic E-state index is 11.5. The number of rotatable bonds is 9. The topological polar surface area (TPSA) is 132 Å². The third-order valence-electron chi connectivity index (χ3n) is 3.20. The quantitative estimate of drug-likeness (QED) is 0.415. The van der Waals surface area contributed by atoms with E-state index in [1.807, 2.05) is 0 Å². The van der Waals surface area contributed by atoms with Crippen LogP contribution < -0.4 is 0 Å². The normalized spacial score (nSPS) is 9.61. The van der Waals surface area contributed by atoms with Crippen LogP contribution >= 0.6 is 0 Å². The van der Waals surface area contributed by atoms with Crippen LogP contribution in [0.15, 0.2) is 24.3 Å². The molecule has 0 unspecified atom stereocenters. The van der Waals surface area contributed by atoms with Gasteiger partial charge < -0.3 is 23.7 Å². The summed E-state index contributed by atoms with van der Waals surface area (Å²) in [5.74, 6) is -2.53. The van der Waals surface area contributed by atoms with Crippen LogP contribution in [0, 0.1) is 0 Å². The smallest absolute Gasteiger partial charge is 0.338 e. The number of esters is 5. The van der Waals surface area contributed by atoms with Gasteiger partial charge in [-0.05, 0) is 26.0 Å². The van der Waals surface area contributed by atoms with E-state index in [1.54, 1.807) is 38.1 Å². The predicted molar refractivity (Wildman–Crippen MR) is 107 cm³/mol. The van der Waals surface area contributed by atoms with Crippen LogP contribution in [-0.2, 0) is 38.1 Å². The molecule has 0 aromatic heterocycles. The van der Waals surface area contributed by atoms with Gasteiger partial charge >= 0.3 is 29.8 Å². The van der Waals surface area contributed by atoms with E-state index in [0.29, 0.717) is 0 Å². The van der Waals surface area contributed by atoms with Gasteiger partial charge in [0.25, 0.3) is 0 Å². The van der Waals surface area contributed by atoms with Crippen molar-refractivity contribution in [1.82, 2.24) is 0 Å². The second-order valence-corrected chi connectivity index (χ2v) is 5.82. The Bertz CT molecular complexity index is 701. The molecule has 0 saturated carbocycles. The van der Waals surface area contributed by atoms with Crippen molar-refractivity contribution in [3.63, 3.8) is 0 Å². The number of hydrogen-bond acceptors (Lipinski definition) is 10. The van der Waals surface area contributed by atoms with Crippen LogP contribution in [0.4, 0.5) is 0 Å². The fraction of sp³-hybridized carbons (Fsp3) is 0.476. The molecule has 172 valence electrons. The second kappa shape index (κ2) is 15.4. The number of hydrogen-bond donors (Lipinski definition) is 0. The Kier molecular flexibility index (Phi) is 13.7. The molecule has 0 atom stereocenters. The van der Waals surface area contributed by atoms with Crippen LogP contribution in [0.3, 0.4) is 0 Å². The minimum absolute atomic E-state index is 0.123. The molecule has 10 heteroatoms. The van der Waals surface area contributed by atoms with Crippen LogP contribution in [0.1, 0.15) is 55.3 Å². The fourth-order valence-corrected chi connectivity index (χ4v) is 2.03. The highest BCUT2D eigenvalue weighted by atomic mass is 16.6. The van der Waals surface area contributed by atoms with Crippen LogP contribution in [-0.4, -0.2) is 62.4 Å². The molecule has 0 bridgehead atoms. The number of carbonyl (C=O) groups excluding carboxylic acids is 5. The van der Waals surface area contributed by atoms with E-state index in [0.717, 1.165) is 0 Å². The third-order valence-corrected chi connectivity index (χ3v) is 3.20. The number of ether oxygens (including phenoxy) is 5. The van der Waals surface area contributed by atoms with Gasteiger partial charge in [0.05, 0.1) is 24.3 Å². The van der Waals surface area contributed by atoms with Crippen LogP contribution in [0.5, 0.6) is 0 Å². The lowest BCUT2D eigenvalue weighted by Gasteiger charge is -2.15. The molecule has 0 radical (unpaired) electrons. The summed E-state index contributed by atoms with van der Waals surface area (Å²) in [6, 6.07) is 6.44. The number of carbonyl (C=O) groups is 5. The van der Waals surface area contributed by atoms with E-state index in [9.17, 15) is 24.0 Å². The van der Waals surface area contributed by atoms with Crippen molar-refractivity contribution >= 4 is 29.8 Å². The maximum atomic E-state index is 11.5. The first kappa shape index (κ1) is 27.6.